The molecule has 1 aliphatic heterocycles. The average molecular weight is 376 g/mol. The Bertz CT molecular complexity index is 955. The van der Waals surface area contributed by atoms with Crippen molar-refractivity contribution in [1.29, 1.82) is 0 Å². The second-order valence-electron chi connectivity index (χ2n) is 8.50. The number of para-hydroxylation sites is 2. The topological polar surface area (TPSA) is 40.3 Å². The predicted octanol–water partition coefficient (Wildman–Crippen LogP) is 4.46. The van der Waals surface area contributed by atoms with Gasteiger partial charge in [0.25, 0.3) is 0 Å². The van der Waals surface area contributed by atoms with E-state index in [1.807, 2.05) is 0 Å². The number of benzene rings is 2. The lowest BCUT2D eigenvalue weighted by Gasteiger charge is -2.42. The summed E-state index contributed by atoms with van der Waals surface area (Å²) in [7, 11) is 2.27. The molecule has 2 N–H and O–H groups in total. The normalized spacial score (nSPS) is 24.9. The summed E-state index contributed by atoms with van der Waals surface area (Å²) in [6.45, 7) is 2.84. The third kappa shape index (κ3) is 3.31. The Morgan fingerprint density at radius 3 is 2.75 bits per heavy atom. The molecule has 0 bridgehead atoms. The number of H-pyrrole nitrogens is 1. The van der Waals surface area contributed by atoms with Crippen LogP contribution < -0.4 is 10.1 Å². The second-order valence-corrected chi connectivity index (χ2v) is 8.50. The van der Waals surface area contributed by atoms with Gasteiger partial charge in [-0.2, -0.15) is 0 Å². The molecule has 2 aromatic carbocycles. The van der Waals surface area contributed by atoms with Gasteiger partial charge in [-0.25, -0.2) is 0 Å². The Morgan fingerprint density at radius 2 is 1.86 bits per heavy atom. The summed E-state index contributed by atoms with van der Waals surface area (Å²) < 4.78 is 6.59. The number of hydrogen-bond acceptors (Lipinski definition) is 3. The fourth-order valence-corrected chi connectivity index (χ4v) is 4.95. The number of aromatic amines is 1. The van der Waals surface area contributed by atoms with E-state index in [4.69, 9.17) is 4.74 Å². The summed E-state index contributed by atoms with van der Waals surface area (Å²) in [6, 6.07) is 17.7. The lowest BCUT2D eigenvalue weighted by Crippen LogP contribution is -2.50. The van der Waals surface area contributed by atoms with Gasteiger partial charge in [0.2, 0.25) is 0 Å². The van der Waals surface area contributed by atoms with Crippen molar-refractivity contribution in [3.63, 3.8) is 0 Å². The first-order valence-electron chi connectivity index (χ1n) is 10.5. The Morgan fingerprint density at radius 1 is 1.07 bits per heavy atom. The van der Waals surface area contributed by atoms with Crippen LogP contribution >= 0.6 is 0 Å². The molecule has 0 atom stereocenters. The molecule has 0 amide bonds. The molecule has 146 valence electrons. The number of aromatic nitrogens is 1. The van der Waals surface area contributed by atoms with Crippen molar-refractivity contribution < 1.29 is 4.74 Å². The molecule has 28 heavy (non-hydrogen) atoms. The number of fused-ring (bicyclic) bond motifs is 2. The number of nitrogens with one attached hydrogen (secondary N) is 2. The van der Waals surface area contributed by atoms with Gasteiger partial charge in [0.15, 0.2) is 0 Å². The van der Waals surface area contributed by atoms with Gasteiger partial charge in [0.05, 0.1) is 0 Å². The molecule has 1 fully saturated rings. The number of rotatable bonds is 3. The third-order valence-corrected chi connectivity index (χ3v) is 6.65. The maximum Gasteiger partial charge on any atom is 0.124 e. The standard InChI is InChI=1S/C24H29N3O/c1-27(16-19-15-26-22-8-4-3-7-21(19)22)20-10-12-24(13-11-20)17-25-14-18-6-2-5-9-23(18)28-24/h2-9,15,20,25-26H,10-14,16-17H2,1H3. The molecule has 1 saturated carbocycles. The van der Waals surface area contributed by atoms with Gasteiger partial charge >= 0.3 is 0 Å². The van der Waals surface area contributed by atoms with Crippen LogP contribution in [0.1, 0.15) is 36.8 Å². The maximum absolute atomic E-state index is 6.59. The van der Waals surface area contributed by atoms with E-state index in [0.717, 1.165) is 38.2 Å². The summed E-state index contributed by atoms with van der Waals surface area (Å²) in [5.41, 5.74) is 3.84. The summed E-state index contributed by atoms with van der Waals surface area (Å²) in [6.07, 6.45) is 6.75. The van der Waals surface area contributed by atoms with E-state index in [0.29, 0.717) is 6.04 Å². The van der Waals surface area contributed by atoms with Gasteiger partial charge in [-0.15, -0.1) is 0 Å². The third-order valence-electron chi connectivity index (χ3n) is 6.65. The minimum Gasteiger partial charge on any atom is -0.486 e. The highest BCUT2D eigenvalue weighted by atomic mass is 16.5. The van der Waals surface area contributed by atoms with Crippen LogP contribution in [-0.4, -0.2) is 35.1 Å². The van der Waals surface area contributed by atoms with E-state index >= 15 is 0 Å². The van der Waals surface area contributed by atoms with E-state index in [9.17, 15) is 0 Å². The minimum atomic E-state index is -0.0509. The molecule has 0 radical (unpaired) electrons. The quantitative estimate of drug-likeness (QED) is 0.710. The summed E-state index contributed by atoms with van der Waals surface area (Å²) in [5.74, 6) is 1.07. The molecular formula is C24H29N3O. The maximum atomic E-state index is 6.59. The fourth-order valence-electron chi connectivity index (χ4n) is 4.95. The van der Waals surface area contributed by atoms with Gasteiger partial charge in [0, 0.05) is 48.3 Å². The van der Waals surface area contributed by atoms with Crippen LogP contribution in [0.5, 0.6) is 5.75 Å². The van der Waals surface area contributed by atoms with Crippen LogP contribution in [0.3, 0.4) is 0 Å². The first-order valence-corrected chi connectivity index (χ1v) is 10.5. The SMILES string of the molecule is CN(Cc1c[nH]c2ccccc12)C1CCC2(CC1)CNCc1ccccc1O2. The van der Waals surface area contributed by atoms with E-state index in [1.54, 1.807) is 0 Å². The van der Waals surface area contributed by atoms with Crippen LogP contribution in [0.2, 0.25) is 0 Å². The Kier molecular flexibility index (Phi) is 4.61. The minimum absolute atomic E-state index is 0.0509. The van der Waals surface area contributed by atoms with Crippen LogP contribution in [0, 0.1) is 0 Å². The zero-order valence-corrected chi connectivity index (χ0v) is 16.6. The highest BCUT2D eigenvalue weighted by Gasteiger charge is 2.39. The lowest BCUT2D eigenvalue weighted by atomic mass is 9.81. The van der Waals surface area contributed by atoms with Crippen molar-refractivity contribution in [1.82, 2.24) is 15.2 Å². The molecule has 1 spiro atoms. The Balaban J connectivity index is 1.25. The van der Waals surface area contributed by atoms with Crippen molar-refractivity contribution in [3.05, 3.63) is 65.9 Å². The zero-order chi connectivity index (χ0) is 19.0. The van der Waals surface area contributed by atoms with Crippen LogP contribution in [0.4, 0.5) is 0 Å². The first-order chi connectivity index (χ1) is 13.7. The van der Waals surface area contributed by atoms with Crippen LogP contribution in [0.15, 0.2) is 54.7 Å². The number of ether oxygens (including phenoxy) is 1. The van der Waals surface area contributed by atoms with Crippen molar-refractivity contribution in [2.75, 3.05) is 13.6 Å². The molecule has 0 unspecified atom stereocenters. The molecule has 0 saturated heterocycles. The summed E-state index contributed by atoms with van der Waals surface area (Å²) >= 11 is 0. The van der Waals surface area contributed by atoms with E-state index in [1.165, 1.54) is 34.9 Å². The van der Waals surface area contributed by atoms with E-state index in [2.05, 4.69) is 77.0 Å². The monoisotopic (exact) mass is 375 g/mol. The van der Waals surface area contributed by atoms with Gasteiger partial charge in [-0.1, -0.05) is 36.4 Å². The van der Waals surface area contributed by atoms with E-state index < -0.39 is 0 Å². The molecule has 4 nitrogen and oxygen atoms in total. The van der Waals surface area contributed by atoms with Crippen molar-refractivity contribution >= 4 is 10.9 Å². The number of nitrogens with zero attached hydrogens (tertiary/aromatic N) is 1. The summed E-state index contributed by atoms with van der Waals surface area (Å²) in [5, 5.41) is 4.96. The zero-order valence-electron chi connectivity index (χ0n) is 16.6. The van der Waals surface area contributed by atoms with Gasteiger partial charge < -0.3 is 15.0 Å². The van der Waals surface area contributed by atoms with Gasteiger partial charge in [0.1, 0.15) is 11.4 Å². The highest BCUT2D eigenvalue weighted by Crippen LogP contribution is 2.37. The molecular weight excluding hydrogens is 346 g/mol. The molecule has 5 rings (SSSR count). The molecule has 2 heterocycles. The Hall–Kier alpha value is -2.30. The molecule has 3 aromatic rings. The van der Waals surface area contributed by atoms with E-state index in [-0.39, 0.29) is 5.60 Å². The number of hydrogen-bond donors (Lipinski definition) is 2. The van der Waals surface area contributed by atoms with Crippen LogP contribution in [-0.2, 0) is 13.1 Å². The largest absolute Gasteiger partial charge is 0.486 e. The van der Waals surface area contributed by atoms with Gasteiger partial charge in [-0.05, 0) is 50.4 Å². The van der Waals surface area contributed by atoms with Gasteiger partial charge in [-0.3, -0.25) is 4.90 Å². The predicted molar refractivity (Wildman–Crippen MR) is 114 cm³/mol. The molecule has 1 aliphatic carbocycles. The van der Waals surface area contributed by atoms with Crippen molar-refractivity contribution in [3.8, 4) is 5.75 Å². The lowest BCUT2D eigenvalue weighted by molar-refractivity contribution is 0.00879. The second kappa shape index (κ2) is 7.26. The highest BCUT2D eigenvalue weighted by molar-refractivity contribution is 5.82. The Labute approximate surface area is 166 Å². The smallest absolute Gasteiger partial charge is 0.124 e. The summed E-state index contributed by atoms with van der Waals surface area (Å²) in [4.78, 5) is 5.93. The fraction of sp³-hybridized carbons (Fsp3) is 0.417. The van der Waals surface area contributed by atoms with Crippen LogP contribution in [0.25, 0.3) is 10.9 Å². The van der Waals surface area contributed by atoms with Crippen molar-refractivity contribution in [2.45, 2.75) is 50.4 Å². The molecule has 2 aliphatic rings. The average Bonchev–Trinajstić information content (AvgIpc) is 3.03. The molecule has 1 aromatic heterocycles. The first kappa shape index (κ1) is 17.8. The molecule has 4 heteroatoms. The van der Waals surface area contributed by atoms with Crippen molar-refractivity contribution in [2.24, 2.45) is 0 Å².